The summed E-state index contributed by atoms with van der Waals surface area (Å²) in [4.78, 5) is 21.0. The molecule has 0 radical (unpaired) electrons. The van der Waals surface area contributed by atoms with Crippen molar-refractivity contribution >= 4 is 33.8 Å². The van der Waals surface area contributed by atoms with Gasteiger partial charge in [-0.1, -0.05) is 0 Å². The highest BCUT2D eigenvalue weighted by Gasteiger charge is 2.08. The van der Waals surface area contributed by atoms with Gasteiger partial charge in [0, 0.05) is 28.1 Å². The van der Waals surface area contributed by atoms with Crippen molar-refractivity contribution in [3.63, 3.8) is 0 Å². The minimum absolute atomic E-state index is 0.188. The number of aromatic nitrogens is 2. The van der Waals surface area contributed by atoms with Crippen LogP contribution in [0, 0.1) is 0 Å². The molecule has 6 nitrogen and oxygen atoms in total. The number of ether oxygens (including phenoxy) is 2. The fraction of sp³-hybridized carbons (Fsp3) is 0.0952. The summed E-state index contributed by atoms with van der Waals surface area (Å²) in [6, 6.07) is 16.3. The van der Waals surface area contributed by atoms with Gasteiger partial charge in [-0.25, -0.2) is 9.97 Å². The second-order valence-electron chi connectivity index (χ2n) is 6.01. The van der Waals surface area contributed by atoms with Crippen molar-refractivity contribution in [1.29, 1.82) is 0 Å². The first-order chi connectivity index (χ1) is 13.7. The van der Waals surface area contributed by atoms with Crippen molar-refractivity contribution in [2.45, 2.75) is 6.61 Å². The molecule has 0 atom stereocenters. The van der Waals surface area contributed by atoms with E-state index in [1.807, 2.05) is 29.6 Å². The second-order valence-corrected chi connectivity index (χ2v) is 6.73. The average Bonchev–Trinajstić information content (AvgIpc) is 3.26. The van der Waals surface area contributed by atoms with Crippen LogP contribution in [0.5, 0.6) is 11.6 Å². The van der Waals surface area contributed by atoms with E-state index in [0.29, 0.717) is 29.5 Å². The number of hydrogen-bond donors (Lipinski definition) is 1. The first kappa shape index (κ1) is 17.9. The molecule has 0 saturated heterocycles. The Bertz CT molecular complexity index is 1100. The third-order valence-corrected chi connectivity index (χ3v) is 4.75. The van der Waals surface area contributed by atoms with Crippen LogP contribution in [-0.4, -0.2) is 23.0 Å². The number of carbonyl (C=O) groups excluding carboxylic acids is 1. The van der Waals surface area contributed by atoms with Crippen LogP contribution in [0.3, 0.4) is 0 Å². The number of anilines is 1. The van der Waals surface area contributed by atoms with Crippen LogP contribution in [0.1, 0.15) is 16.1 Å². The maximum atomic E-state index is 12.5. The SMILES string of the molecule is COc1ccc2cc(NC(=O)c3ccc(OCc4cscn4)cc3)ccc2n1. The lowest BCUT2D eigenvalue weighted by atomic mass is 10.1. The molecule has 2 aromatic carbocycles. The number of rotatable bonds is 6. The molecule has 28 heavy (non-hydrogen) atoms. The quantitative estimate of drug-likeness (QED) is 0.523. The highest BCUT2D eigenvalue weighted by atomic mass is 32.1. The van der Waals surface area contributed by atoms with Gasteiger partial charge in [-0.3, -0.25) is 4.79 Å². The summed E-state index contributed by atoms with van der Waals surface area (Å²) >= 11 is 1.53. The highest BCUT2D eigenvalue weighted by Crippen LogP contribution is 2.21. The molecule has 7 heteroatoms. The summed E-state index contributed by atoms with van der Waals surface area (Å²) in [6.07, 6.45) is 0. The molecule has 0 fully saturated rings. The zero-order chi connectivity index (χ0) is 19.3. The lowest BCUT2D eigenvalue weighted by Gasteiger charge is -2.08. The van der Waals surface area contributed by atoms with Crippen LogP contribution in [-0.2, 0) is 6.61 Å². The normalized spacial score (nSPS) is 10.6. The zero-order valence-corrected chi connectivity index (χ0v) is 15.9. The van der Waals surface area contributed by atoms with Crippen molar-refractivity contribution in [3.05, 3.63) is 76.7 Å². The Kier molecular flexibility index (Phi) is 5.16. The molecule has 4 aromatic rings. The van der Waals surface area contributed by atoms with Crippen LogP contribution < -0.4 is 14.8 Å². The Morgan fingerprint density at radius 3 is 2.71 bits per heavy atom. The number of thiazole rings is 1. The molecule has 0 aliphatic carbocycles. The molecule has 1 amide bonds. The number of benzene rings is 2. The second kappa shape index (κ2) is 8.06. The molecule has 0 spiro atoms. The predicted octanol–water partition coefficient (Wildman–Crippen LogP) is 4.53. The van der Waals surface area contributed by atoms with Gasteiger partial charge in [0.15, 0.2) is 0 Å². The maximum absolute atomic E-state index is 12.5. The van der Waals surface area contributed by atoms with E-state index in [1.165, 1.54) is 11.3 Å². The standard InChI is InChI=1S/C21H17N3O3S/c1-26-20-9-4-15-10-16(5-8-19(15)24-20)23-21(25)14-2-6-18(7-3-14)27-11-17-12-28-13-22-17/h2-10,12-13H,11H2,1H3,(H,23,25). The lowest BCUT2D eigenvalue weighted by molar-refractivity contribution is 0.102. The largest absolute Gasteiger partial charge is 0.487 e. The molecule has 0 saturated carbocycles. The molecule has 4 rings (SSSR count). The summed E-state index contributed by atoms with van der Waals surface area (Å²) in [5.74, 6) is 1.06. The van der Waals surface area contributed by atoms with Gasteiger partial charge in [0.1, 0.15) is 12.4 Å². The Labute approximate surface area is 165 Å². The van der Waals surface area contributed by atoms with Gasteiger partial charge in [0.2, 0.25) is 5.88 Å². The highest BCUT2D eigenvalue weighted by molar-refractivity contribution is 7.07. The average molecular weight is 391 g/mol. The molecule has 0 unspecified atom stereocenters. The van der Waals surface area contributed by atoms with Crippen LogP contribution >= 0.6 is 11.3 Å². The van der Waals surface area contributed by atoms with E-state index >= 15 is 0 Å². The first-order valence-corrected chi connectivity index (χ1v) is 9.51. The van der Waals surface area contributed by atoms with Crippen molar-refractivity contribution in [3.8, 4) is 11.6 Å². The summed E-state index contributed by atoms with van der Waals surface area (Å²) in [5.41, 5.74) is 4.71. The maximum Gasteiger partial charge on any atom is 0.255 e. The Morgan fingerprint density at radius 1 is 1.11 bits per heavy atom. The van der Waals surface area contributed by atoms with E-state index in [-0.39, 0.29) is 5.91 Å². The topological polar surface area (TPSA) is 73.3 Å². The van der Waals surface area contributed by atoms with Gasteiger partial charge >= 0.3 is 0 Å². The molecule has 1 N–H and O–H groups in total. The summed E-state index contributed by atoms with van der Waals surface area (Å²) in [7, 11) is 1.58. The van der Waals surface area contributed by atoms with Gasteiger partial charge in [0.25, 0.3) is 5.91 Å². The van der Waals surface area contributed by atoms with Crippen molar-refractivity contribution < 1.29 is 14.3 Å². The minimum atomic E-state index is -0.188. The molecule has 2 aromatic heterocycles. The van der Waals surface area contributed by atoms with Gasteiger partial charge < -0.3 is 14.8 Å². The van der Waals surface area contributed by atoms with Crippen molar-refractivity contribution in [1.82, 2.24) is 9.97 Å². The number of carbonyl (C=O) groups is 1. The fourth-order valence-electron chi connectivity index (χ4n) is 2.67. The van der Waals surface area contributed by atoms with E-state index in [1.54, 1.807) is 43.0 Å². The first-order valence-electron chi connectivity index (χ1n) is 8.57. The van der Waals surface area contributed by atoms with Gasteiger partial charge in [-0.2, -0.15) is 0 Å². The number of amides is 1. The number of fused-ring (bicyclic) bond motifs is 1. The smallest absolute Gasteiger partial charge is 0.255 e. The minimum Gasteiger partial charge on any atom is -0.487 e. The van der Waals surface area contributed by atoms with Gasteiger partial charge in [-0.15, -0.1) is 11.3 Å². The fourth-order valence-corrected chi connectivity index (χ4v) is 3.21. The number of nitrogens with one attached hydrogen (secondary N) is 1. The Balaban J connectivity index is 1.42. The Morgan fingerprint density at radius 2 is 1.96 bits per heavy atom. The lowest BCUT2D eigenvalue weighted by Crippen LogP contribution is -2.11. The van der Waals surface area contributed by atoms with E-state index in [2.05, 4.69) is 15.3 Å². The van der Waals surface area contributed by atoms with Gasteiger partial charge in [0.05, 0.1) is 23.8 Å². The van der Waals surface area contributed by atoms with E-state index in [9.17, 15) is 4.79 Å². The van der Waals surface area contributed by atoms with Crippen LogP contribution in [0.15, 0.2) is 65.5 Å². The molecular weight excluding hydrogens is 374 g/mol. The molecule has 140 valence electrons. The third kappa shape index (κ3) is 4.10. The van der Waals surface area contributed by atoms with Crippen LogP contribution in [0.25, 0.3) is 10.9 Å². The summed E-state index contributed by atoms with van der Waals surface area (Å²) in [6.45, 7) is 0.408. The van der Waals surface area contributed by atoms with E-state index < -0.39 is 0 Å². The monoisotopic (exact) mass is 391 g/mol. The molecular formula is C21H17N3O3S. The Hall–Kier alpha value is -3.45. The molecule has 0 aliphatic rings. The van der Waals surface area contributed by atoms with E-state index in [0.717, 1.165) is 16.6 Å². The number of hydrogen-bond acceptors (Lipinski definition) is 6. The third-order valence-electron chi connectivity index (χ3n) is 4.12. The number of nitrogens with zero attached hydrogens (tertiary/aromatic N) is 2. The molecule has 2 heterocycles. The van der Waals surface area contributed by atoms with E-state index in [4.69, 9.17) is 9.47 Å². The summed E-state index contributed by atoms with van der Waals surface area (Å²) in [5, 5.41) is 5.77. The predicted molar refractivity (Wildman–Crippen MR) is 109 cm³/mol. The van der Waals surface area contributed by atoms with Gasteiger partial charge in [-0.05, 0) is 48.5 Å². The molecule has 0 bridgehead atoms. The molecule has 0 aliphatic heterocycles. The van der Waals surface area contributed by atoms with Crippen LogP contribution in [0.2, 0.25) is 0 Å². The summed E-state index contributed by atoms with van der Waals surface area (Å²) < 4.78 is 10.8. The van der Waals surface area contributed by atoms with Crippen molar-refractivity contribution in [2.75, 3.05) is 12.4 Å². The zero-order valence-electron chi connectivity index (χ0n) is 15.1. The van der Waals surface area contributed by atoms with Crippen molar-refractivity contribution in [2.24, 2.45) is 0 Å². The van der Waals surface area contributed by atoms with Crippen LogP contribution in [0.4, 0.5) is 5.69 Å². The number of methoxy groups -OCH3 is 1. The number of pyridine rings is 1.